The van der Waals surface area contributed by atoms with Crippen LogP contribution >= 0.6 is 8.69 Å². The fourth-order valence-electron chi connectivity index (χ4n) is 2.05. The SMILES string of the molecule is CCCCCCCCCc1ccc(OP=O)cc1.[Ni]. The van der Waals surface area contributed by atoms with Crippen molar-refractivity contribution in [3.05, 3.63) is 29.8 Å². The summed E-state index contributed by atoms with van der Waals surface area (Å²) in [6.45, 7) is 2.25. The standard InChI is InChI=1S/C15H23O2P.Ni/c1-2-3-4-5-6-7-8-9-14-10-12-15(13-11-14)17-18-16;/h10-13H,2-9H2,1H3;. The Hall–Kier alpha value is -0.386. The van der Waals surface area contributed by atoms with Crippen molar-refractivity contribution in [3.63, 3.8) is 0 Å². The number of hydrogen-bond acceptors (Lipinski definition) is 2. The first-order chi connectivity index (χ1) is 8.86. The Kier molecular flexibility index (Phi) is 12.4. The molecular formula is C15H23NiO2P. The molecule has 1 aromatic rings. The van der Waals surface area contributed by atoms with Gasteiger partial charge in [-0.2, -0.15) is 0 Å². The Labute approximate surface area is 128 Å². The minimum absolute atomic E-state index is 0. The van der Waals surface area contributed by atoms with Crippen molar-refractivity contribution >= 4 is 8.69 Å². The molecule has 0 spiro atoms. The monoisotopic (exact) mass is 324 g/mol. The van der Waals surface area contributed by atoms with Crippen molar-refractivity contribution in [1.82, 2.24) is 0 Å². The molecule has 0 aliphatic heterocycles. The minimum atomic E-state index is -0.288. The number of hydrogen-bond donors (Lipinski definition) is 0. The van der Waals surface area contributed by atoms with Gasteiger partial charge in [0.15, 0.2) is 0 Å². The molecule has 0 unspecified atom stereocenters. The van der Waals surface area contributed by atoms with Crippen molar-refractivity contribution < 1.29 is 25.6 Å². The molecule has 0 bridgehead atoms. The summed E-state index contributed by atoms with van der Waals surface area (Å²) in [5, 5.41) is 0. The fourth-order valence-corrected chi connectivity index (χ4v) is 2.25. The van der Waals surface area contributed by atoms with Gasteiger partial charge in [0.2, 0.25) is 0 Å². The van der Waals surface area contributed by atoms with E-state index in [1.807, 2.05) is 12.1 Å². The summed E-state index contributed by atoms with van der Waals surface area (Å²) >= 11 is 0. The predicted molar refractivity (Wildman–Crippen MR) is 76.4 cm³/mol. The molecule has 4 heteroatoms. The predicted octanol–water partition coefficient (Wildman–Crippen LogP) is 5.56. The van der Waals surface area contributed by atoms with Crippen LogP contribution in [0.15, 0.2) is 24.3 Å². The molecule has 0 aliphatic rings. The Balaban J connectivity index is 0.00000324. The number of benzene rings is 1. The third-order valence-corrected chi connectivity index (χ3v) is 3.42. The summed E-state index contributed by atoms with van der Waals surface area (Å²) < 4.78 is 15.1. The van der Waals surface area contributed by atoms with Gasteiger partial charge in [-0.15, -0.1) is 0 Å². The van der Waals surface area contributed by atoms with E-state index in [1.165, 1.54) is 50.5 Å². The van der Waals surface area contributed by atoms with E-state index in [4.69, 9.17) is 4.52 Å². The van der Waals surface area contributed by atoms with Crippen molar-refractivity contribution in [2.45, 2.75) is 58.3 Å². The zero-order valence-corrected chi connectivity index (χ0v) is 13.4. The number of rotatable bonds is 10. The summed E-state index contributed by atoms with van der Waals surface area (Å²) in [4.78, 5) is 0. The largest absolute Gasteiger partial charge is 0.408 e. The van der Waals surface area contributed by atoms with E-state index < -0.39 is 0 Å². The molecule has 0 fully saturated rings. The van der Waals surface area contributed by atoms with Gasteiger partial charge < -0.3 is 4.52 Å². The molecule has 0 heterocycles. The maximum Gasteiger partial charge on any atom is 0.395 e. The summed E-state index contributed by atoms with van der Waals surface area (Å²) in [6.07, 6.45) is 10.5. The van der Waals surface area contributed by atoms with Gasteiger partial charge in [-0.1, -0.05) is 57.6 Å². The van der Waals surface area contributed by atoms with Gasteiger partial charge in [-0.05, 0) is 30.5 Å². The van der Waals surface area contributed by atoms with Crippen molar-refractivity contribution in [3.8, 4) is 5.75 Å². The molecule has 0 saturated carbocycles. The van der Waals surface area contributed by atoms with Crippen LogP contribution in [0.1, 0.15) is 57.4 Å². The molecule has 0 aliphatic carbocycles. The Morgan fingerprint density at radius 3 is 2.11 bits per heavy atom. The van der Waals surface area contributed by atoms with Crippen LogP contribution in [0.25, 0.3) is 0 Å². The first kappa shape index (κ1) is 18.6. The van der Waals surface area contributed by atoms with E-state index in [2.05, 4.69) is 19.1 Å². The van der Waals surface area contributed by atoms with Gasteiger partial charge in [0, 0.05) is 16.5 Å². The molecule has 0 saturated heterocycles. The second-order valence-corrected chi connectivity index (χ2v) is 5.01. The van der Waals surface area contributed by atoms with Crippen molar-refractivity contribution in [2.75, 3.05) is 0 Å². The van der Waals surface area contributed by atoms with Crippen LogP contribution in [-0.2, 0) is 27.5 Å². The fraction of sp³-hybridized carbons (Fsp3) is 0.600. The van der Waals surface area contributed by atoms with E-state index in [9.17, 15) is 4.57 Å². The van der Waals surface area contributed by atoms with Gasteiger partial charge in [0.1, 0.15) is 5.75 Å². The number of unbranched alkanes of at least 4 members (excludes halogenated alkanes) is 6. The zero-order chi connectivity index (χ0) is 13.1. The molecule has 1 aromatic carbocycles. The summed E-state index contributed by atoms with van der Waals surface area (Å²) in [5.41, 5.74) is 1.33. The van der Waals surface area contributed by atoms with Crippen LogP contribution in [-0.4, -0.2) is 0 Å². The van der Waals surface area contributed by atoms with Crippen LogP contribution in [0.5, 0.6) is 5.75 Å². The summed E-state index contributed by atoms with van der Waals surface area (Å²) in [5.74, 6) is 0.662. The average Bonchev–Trinajstić information content (AvgIpc) is 2.40. The van der Waals surface area contributed by atoms with E-state index in [1.54, 1.807) is 0 Å². The van der Waals surface area contributed by atoms with Crippen LogP contribution in [0.2, 0.25) is 0 Å². The molecule has 0 atom stereocenters. The van der Waals surface area contributed by atoms with Crippen LogP contribution in [0.3, 0.4) is 0 Å². The maximum atomic E-state index is 10.3. The van der Waals surface area contributed by atoms with Gasteiger partial charge >= 0.3 is 8.69 Å². The Bertz CT molecular complexity index is 327. The summed E-state index contributed by atoms with van der Waals surface area (Å²) in [7, 11) is -0.288. The third-order valence-electron chi connectivity index (χ3n) is 3.14. The Morgan fingerprint density at radius 2 is 1.53 bits per heavy atom. The first-order valence-corrected chi connectivity index (χ1v) is 7.68. The smallest absolute Gasteiger partial charge is 0.395 e. The zero-order valence-electron chi connectivity index (χ0n) is 11.5. The van der Waals surface area contributed by atoms with Crippen LogP contribution in [0, 0.1) is 0 Å². The molecule has 1 rings (SSSR count). The van der Waals surface area contributed by atoms with Gasteiger partial charge in [0.25, 0.3) is 0 Å². The van der Waals surface area contributed by atoms with Crippen LogP contribution in [0.4, 0.5) is 0 Å². The van der Waals surface area contributed by atoms with Crippen LogP contribution < -0.4 is 4.52 Å². The molecular weight excluding hydrogens is 302 g/mol. The molecule has 0 N–H and O–H groups in total. The average molecular weight is 325 g/mol. The topological polar surface area (TPSA) is 26.3 Å². The van der Waals surface area contributed by atoms with E-state index >= 15 is 0 Å². The van der Waals surface area contributed by atoms with Crippen molar-refractivity contribution in [1.29, 1.82) is 0 Å². The molecule has 110 valence electrons. The van der Waals surface area contributed by atoms with E-state index in [0.717, 1.165) is 6.42 Å². The molecule has 0 aromatic heterocycles. The van der Waals surface area contributed by atoms with Gasteiger partial charge in [0.05, 0.1) is 0 Å². The summed E-state index contributed by atoms with van der Waals surface area (Å²) in [6, 6.07) is 7.86. The minimum Gasteiger partial charge on any atom is -0.408 e. The van der Waals surface area contributed by atoms with Crippen molar-refractivity contribution in [2.24, 2.45) is 0 Å². The maximum absolute atomic E-state index is 10.3. The van der Waals surface area contributed by atoms with Gasteiger partial charge in [-0.3, -0.25) is 0 Å². The number of aryl methyl sites for hydroxylation is 1. The molecule has 0 amide bonds. The van der Waals surface area contributed by atoms with Gasteiger partial charge in [-0.25, -0.2) is 4.57 Å². The second kappa shape index (κ2) is 12.6. The van der Waals surface area contributed by atoms with E-state index in [-0.39, 0.29) is 25.2 Å². The molecule has 0 radical (unpaired) electrons. The Morgan fingerprint density at radius 1 is 0.947 bits per heavy atom. The van der Waals surface area contributed by atoms with E-state index in [0.29, 0.717) is 5.75 Å². The normalized spacial score (nSPS) is 10.2. The molecule has 2 nitrogen and oxygen atoms in total. The first-order valence-electron chi connectivity index (χ1n) is 6.95. The second-order valence-electron chi connectivity index (χ2n) is 4.68. The quantitative estimate of drug-likeness (QED) is 0.320. The molecule has 19 heavy (non-hydrogen) atoms. The third kappa shape index (κ3) is 9.19.